The lowest BCUT2D eigenvalue weighted by atomic mass is 10.1. The minimum atomic E-state index is -0.633. The summed E-state index contributed by atoms with van der Waals surface area (Å²) in [5, 5.41) is 18.1. The summed E-state index contributed by atoms with van der Waals surface area (Å²) in [4.78, 5) is 12.1. The Balaban J connectivity index is 2.20. The molecule has 4 nitrogen and oxygen atoms in total. The maximum absolute atomic E-state index is 12.1. The first-order chi connectivity index (χ1) is 11.4. The number of esters is 1. The maximum atomic E-state index is 12.1. The molecule has 0 saturated carbocycles. The quantitative estimate of drug-likeness (QED) is 0.315. The van der Waals surface area contributed by atoms with Crippen molar-refractivity contribution in [1.29, 1.82) is 10.5 Å². The van der Waals surface area contributed by atoms with Crippen molar-refractivity contribution in [2.45, 2.75) is 0 Å². The van der Waals surface area contributed by atoms with Gasteiger partial charge in [-0.05, 0) is 29.8 Å². The fraction of sp³-hybridized carbons (Fsp3) is 0. The van der Waals surface area contributed by atoms with Gasteiger partial charge in [-0.1, -0.05) is 46.9 Å². The van der Waals surface area contributed by atoms with E-state index in [0.29, 0.717) is 5.56 Å². The van der Waals surface area contributed by atoms with Gasteiger partial charge in [0.25, 0.3) is 0 Å². The first-order valence-electron chi connectivity index (χ1n) is 6.43. The lowest BCUT2D eigenvalue weighted by Gasteiger charge is -2.08. The zero-order valence-corrected chi connectivity index (χ0v) is 14.2. The molecule has 0 atom stereocenters. The SMILES string of the molecule is N#CC(C#N)=Cc1ccc(C(=O)Oc2cc(Cl)c(Cl)cc2Cl)cc1. The van der Waals surface area contributed by atoms with E-state index in [1.54, 1.807) is 24.3 Å². The second-order valence-electron chi connectivity index (χ2n) is 4.49. The third-order valence-corrected chi connectivity index (χ3v) is 3.89. The Morgan fingerprint density at radius 3 is 2.12 bits per heavy atom. The summed E-state index contributed by atoms with van der Waals surface area (Å²) in [6, 6.07) is 12.4. The van der Waals surface area contributed by atoms with Gasteiger partial charge < -0.3 is 4.74 Å². The van der Waals surface area contributed by atoms with Crippen molar-refractivity contribution in [2.75, 3.05) is 0 Å². The molecule has 0 aliphatic heterocycles. The van der Waals surface area contributed by atoms with Gasteiger partial charge in [-0.25, -0.2) is 4.79 Å². The second kappa shape index (κ2) is 7.86. The van der Waals surface area contributed by atoms with Crippen LogP contribution in [0.15, 0.2) is 42.0 Å². The predicted molar refractivity (Wildman–Crippen MR) is 92.1 cm³/mol. The molecule has 0 saturated heterocycles. The number of halogens is 3. The van der Waals surface area contributed by atoms with Crippen LogP contribution in [0.25, 0.3) is 6.08 Å². The minimum absolute atomic E-state index is 0.0343. The highest BCUT2D eigenvalue weighted by atomic mass is 35.5. The molecule has 2 aromatic carbocycles. The summed E-state index contributed by atoms with van der Waals surface area (Å²) < 4.78 is 5.20. The van der Waals surface area contributed by atoms with Gasteiger partial charge in [-0.3, -0.25) is 0 Å². The van der Waals surface area contributed by atoms with Crippen LogP contribution in [0.4, 0.5) is 0 Å². The van der Waals surface area contributed by atoms with Crippen molar-refractivity contribution in [3.05, 3.63) is 68.2 Å². The van der Waals surface area contributed by atoms with E-state index < -0.39 is 5.97 Å². The third-order valence-electron chi connectivity index (χ3n) is 2.88. The number of benzene rings is 2. The standard InChI is InChI=1S/C17H7Cl3N2O2/c18-13-6-15(20)16(7-14(13)19)24-17(23)12-3-1-10(2-4-12)5-11(8-21)9-22/h1-7H. The molecule has 7 heteroatoms. The van der Waals surface area contributed by atoms with Crippen LogP contribution in [0, 0.1) is 22.7 Å². The summed E-state index contributed by atoms with van der Waals surface area (Å²) in [6.07, 6.45) is 1.41. The number of nitriles is 2. The molecule has 0 aromatic heterocycles. The van der Waals surface area contributed by atoms with Crippen LogP contribution in [0.3, 0.4) is 0 Å². The predicted octanol–water partition coefficient (Wildman–Crippen LogP) is 5.30. The Morgan fingerprint density at radius 1 is 0.958 bits per heavy atom. The Bertz CT molecular complexity index is 891. The van der Waals surface area contributed by atoms with Crippen LogP contribution >= 0.6 is 34.8 Å². The monoisotopic (exact) mass is 376 g/mol. The summed E-state index contributed by atoms with van der Waals surface area (Å²) in [6.45, 7) is 0. The molecule has 118 valence electrons. The molecule has 0 unspecified atom stereocenters. The fourth-order valence-electron chi connectivity index (χ4n) is 1.71. The van der Waals surface area contributed by atoms with E-state index in [0.717, 1.165) is 0 Å². The Morgan fingerprint density at radius 2 is 1.54 bits per heavy atom. The van der Waals surface area contributed by atoms with Crippen molar-refractivity contribution in [3.8, 4) is 17.9 Å². The molecule has 0 N–H and O–H groups in total. The number of rotatable bonds is 3. The van der Waals surface area contributed by atoms with Crippen molar-refractivity contribution in [3.63, 3.8) is 0 Å². The number of hydrogen-bond acceptors (Lipinski definition) is 4. The van der Waals surface area contributed by atoms with Crippen LogP contribution in [0.1, 0.15) is 15.9 Å². The van der Waals surface area contributed by atoms with Gasteiger partial charge >= 0.3 is 5.97 Å². The molecular formula is C17H7Cl3N2O2. The van der Waals surface area contributed by atoms with Crippen molar-refractivity contribution >= 4 is 46.8 Å². The first kappa shape index (κ1) is 17.8. The van der Waals surface area contributed by atoms with E-state index >= 15 is 0 Å². The van der Waals surface area contributed by atoms with Gasteiger partial charge in [-0.15, -0.1) is 0 Å². The van der Waals surface area contributed by atoms with E-state index in [1.807, 2.05) is 0 Å². The lowest BCUT2D eigenvalue weighted by Crippen LogP contribution is -2.08. The number of ether oxygens (including phenoxy) is 1. The van der Waals surface area contributed by atoms with Crippen LogP contribution in [0.5, 0.6) is 5.75 Å². The molecular weight excluding hydrogens is 371 g/mol. The van der Waals surface area contributed by atoms with Gasteiger partial charge in [0.1, 0.15) is 17.7 Å². The van der Waals surface area contributed by atoms with Gasteiger partial charge in [0, 0.05) is 6.07 Å². The minimum Gasteiger partial charge on any atom is -0.421 e. The van der Waals surface area contributed by atoms with Crippen LogP contribution in [-0.2, 0) is 0 Å². The number of carbonyl (C=O) groups is 1. The molecule has 0 bridgehead atoms. The van der Waals surface area contributed by atoms with E-state index in [4.69, 9.17) is 50.1 Å². The Kier molecular flexibility index (Phi) is 5.84. The molecule has 0 spiro atoms. The molecule has 24 heavy (non-hydrogen) atoms. The highest BCUT2D eigenvalue weighted by Crippen LogP contribution is 2.34. The summed E-state index contributed by atoms with van der Waals surface area (Å²) in [5.41, 5.74) is 0.842. The molecule has 0 radical (unpaired) electrons. The molecule has 0 amide bonds. The van der Waals surface area contributed by atoms with E-state index in [2.05, 4.69) is 0 Å². The Labute approximate surface area is 153 Å². The lowest BCUT2D eigenvalue weighted by molar-refractivity contribution is 0.0735. The van der Waals surface area contributed by atoms with E-state index in [1.165, 1.54) is 30.3 Å². The van der Waals surface area contributed by atoms with Crippen molar-refractivity contribution in [2.24, 2.45) is 0 Å². The summed E-state index contributed by atoms with van der Waals surface area (Å²) in [7, 11) is 0. The topological polar surface area (TPSA) is 73.9 Å². The van der Waals surface area contributed by atoms with Gasteiger partial charge in [0.05, 0.1) is 20.6 Å². The highest BCUT2D eigenvalue weighted by Gasteiger charge is 2.13. The van der Waals surface area contributed by atoms with Crippen LogP contribution in [0.2, 0.25) is 15.1 Å². The molecule has 0 fully saturated rings. The number of nitrogens with zero attached hydrogens (tertiary/aromatic N) is 2. The maximum Gasteiger partial charge on any atom is 0.343 e. The summed E-state index contributed by atoms with van der Waals surface area (Å²) in [5.74, 6) is -0.539. The smallest absolute Gasteiger partial charge is 0.343 e. The number of allylic oxidation sites excluding steroid dienone is 1. The van der Waals surface area contributed by atoms with Gasteiger partial charge in [0.15, 0.2) is 5.75 Å². The molecule has 2 aromatic rings. The van der Waals surface area contributed by atoms with E-state index in [9.17, 15) is 4.79 Å². The van der Waals surface area contributed by atoms with E-state index in [-0.39, 0.29) is 32.0 Å². The van der Waals surface area contributed by atoms with Gasteiger partial charge in [0.2, 0.25) is 0 Å². The summed E-state index contributed by atoms with van der Waals surface area (Å²) >= 11 is 17.6. The van der Waals surface area contributed by atoms with Crippen LogP contribution in [-0.4, -0.2) is 5.97 Å². The number of carbonyl (C=O) groups excluding carboxylic acids is 1. The average Bonchev–Trinajstić information content (AvgIpc) is 2.58. The first-order valence-corrected chi connectivity index (χ1v) is 7.56. The molecule has 0 aliphatic rings. The molecule has 2 rings (SSSR count). The Hall–Kier alpha value is -2.50. The zero-order valence-electron chi connectivity index (χ0n) is 11.9. The number of hydrogen-bond donors (Lipinski definition) is 0. The van der Waals surface area contributed by atoms with Crippen molar-refractivity contribution in [1.82, 2.24) is 0 Å². The largest absolute Gasteiger partial charge is 0.421 e. The third kappa shape index (κ3) is 4.28. The highest BCUT2D eigenvalue weighted by molar-refractivity contribution is 6.43. The van der Waals surface area contributed by atoms with Crippen LogP contribution < -0.4 is 4.74 Å². The molecule has 0 aliphatic carbocycles. The zero-order chi connectivity index (χ0) is 17.7. The normalized spacial score (nSPS) is 9.54. The average molecular weight is 378 g/mol. The second-order valence-corrected chi connectivity index (χ2v) is 5.71. The molecule has 0 heterocycles. The fourth-order valence-corrected chi connectivity index (χ4v) is 2.29. The van der Waals surface area contributed by atoms with Gasteiger partial charge in [-0.2, -0.15) is 10.5 Å². The van der Waals surface area contributed by atoms with Crippen molar-refractivity contribution < 1.29 is 9.53 Å².